The van der Waals surface area contributed by atoms with E-state index in [1.54, 1.807) is 23.0 Å². The number of thiophene rings is 1. The summed E-state index contributed by atoms with van der Waals surface area (Å²) < 4.78 is 6.99. The molecule has 3 rings (SSSR count). The fourth-order valence-corrected chi connectivity index (χ4v) is 4.29. The molecule has 0 aliphatic heterocycles. The van der Waals surface area contributed by atoms with Gasteiger partial charge in [0.25, 0.3) is 5.56 Å². The number of aromatic nitrogens is 2. The van der Waals surface area contributed by atoms with Gasteiger partial charge in [-0.2, -0.15) is 0 Å². The molecule has 26 heavy (non-hydrogen) atoms. The van der Waals surface area contributed by atoms with Crippen LogP contribution in [0.5, 0.6) is 5.75 Å². The first-order valence-electron chi connectivity index (χ1n) is 8.65. The van der Waals surface area contributed by atoms with Crippen LogP contribution in [0.1, 0.15) is 37.4 Å². The van der Waals surface area contributed by atoms with Crippen LogP contribution in [0, 0.1) is 12.3 Å². The highest BCUT2D eigenvalue weighted by Gasteiger charge is 2.21. The van der Waals surface area contributed by atoms with Crippen LogP contribution in [0.25, 0.3) is 21.3 Å². The molecule has 2 heterocycles. The molecule has 0 spiro atoms. The summed E-state index contributed by atoms with van der Waals surface area (Å²) in [5.74, 6) is 4.21. The van der Waals surface area contributed by atoms with Crippen molar-refractivity contribution in [3.8, 4) is 29.2 Å². The van der Waals surface area contributed by atoms with Gasteiger partial charge in [0.2, 0.25) is 0 Å². The number of ether oxygens (including phenoxy) is 1. The molecule has 1 aromatic carbocycles. The van der Waals surface area contributed by atoms with Gasteiger partial charge in [0.1, 0.15) is 16.4 Å². The number of hydrogen-bond acceptors (Lipinski definition) is 4. The lowest BCUT2D eigenvalue weighted by molar-refractivity contribution is 0.415. The number of rotatable bonds is 5. The fraction of sp³-hybridized carbons (Fsp3) is 0.333. The number of aryl methyl sites for hydroxylation is 1. The number of benzene rings is 1. The summed E-state index contributed by atoms with van der Waals surface area (Å²) in [4.78, 5) is 20.1. The second-order valence-corrected chi connectivity index (χ2v) is 7.47. The Kier molecular flexibility index (Phi) is 5.15. The Hall–Kier alpha value is -2.58. The highest BCUT2D eigenvalue weighted by Crippen LogP contribution is 2.38. The molecule has 0 saturated carbocycles. The van der Waals surface area contributed by atoms with Crippen LogP contribution in [0.4, 0.5) is 0 Å². The van der Waals surface area contributed by atoms with E-state index in [0.717, 1.165) is 38.8 Å². The third-order valence-electron chi connectivity index (χ3n) is 4.36. The van der Waals surface area contributed by atoms with Gasteiger partial charge in [-0.25, -0.2) is 4.98 Å². The van der Waals surface area contributed by atoms with E-state index >= 15 is 0 Å². The topological polar surface area (TPSA) is 44.1 Å². The van der Waals surface area contributed by atoms with Crippen LogP contribution >= 0.6 is 11.3 Å². The molecule has 0 radical (unpaired) electrons. The van der Waals surface area contributed by atoms with Crippen LogP contribution in [-0.4, -0.2) is 16.7 Å². The van der Waals surface area contributed by atoms with Crippen molar-refractivity contribution in [3.05, 3.63) is 45.3 Å². The maximum Gasteiger partial charge on any atom is 0.263 e. The van der Waals surface area contributed by atoms with Gasteiger partial charge in [0.05, 0.1) is 19.0 Å². The third-order valence-corrected chi connectivity index (χ3v) is 5.59. The van der Waals surface area contributed by atoms with Gasteiger partial charge < -0.3 is 4.74 Å². The second kappa shape index (κ2) is 7.35. The molecular formula is C21H22N2O2S. The lowest BCUT2D eigenvalue weighted by Gasteiger charge is -2.13. The molecule has 0 unspecified atom stereocenters. The van der Waals surface area contributed by atoms with E-state index in [0.29, 0.717) is 5.39 Å². The van der Waals surface area contributed by atoms with E-state index < -0.39 is 0 Å². The summed E-state index contributed by atoms with van der Waals surface area (Å²) in [5.41, 5.74) is 1.85. The molecule has 2 aromatic heterocycles. The largest absolute Gasteiger partial charge is 0.497 e. The molecule has 0 N–H and O–H groups in total. The van der Waals surface area contributed by atoms with E-state index in [1.807, 2.05) is 38.1 Å². The zero-order chi connectivity index (χ0) is 18.8. The summed E-state index contributed by atoms with van der Waals surface area (Å²) in [7, 11) is 1.64. The van der Waals surface area contributed by atoms with Gasteiger partial charge in [-0.05, 0) is 24.1 Å². The Bertz CT molecular complexity index is 1050. The molecule has 3 aromatic rings. The zero-order valence-corrected chi connectivity index (χ0v) is 16.3. The third kappa shape index (κ3) is 3.02. The summed E-state index contributed by atoms with van der Waals surface area (Å²) >= 11 is 1.59. The summed E-state index contributed by atoms with van der Waals surface area (Å²) in [5, 5.41) is 0.653. The van der Waals surface area contributed by atoms with E-state index in [1.165, 1.54) is 0 Å². The average Bonchev–Trinajstić information content (AvgIpc) is 3.02. The van der Waals surface area contributed by atoms with Crippen LogP contribution < -0.4 is 10.3 Å². The molecule has 0 atom stereocenters. The van der Waals surface area contributed by atoms with Crippen LogP contribution in [0.2, 0.25) is 0 Å². The molecule has 0 aliphatic rings. The fourth-order valence-electron chi connectivity index (χ4n) is 3.16. The van der Waals surface area contributed by atoms with Crippen molar-refractivity contribution in [2.45, 2.75) is 39.7 Å². The maximum absolute atomic E-state index is 13.3. The minimum absolute atomic E-state index is 0.0644. The van der Waals surface area contributed by atoms with Crippen LogP contribution in [0.15, 0.2) is 29.1 Å². The molecule has 0 saturated heterocycles. The Morgan fingerprint density at radius 1 is 1.38 bits per heavy atom. The molecule has 5 heteroatoms. The van der Waals surface area contributed by atoms with E-state index in [2.05, 4.69) is 12.8 Å². The number of hydrogen-bond donors (Lipinski definition) is 0. The van der Waals surface area contributed by atoms with Crippen molar-refractivity contribution in [3.63, 3.8) is 0 Å². The summed E-state index contributed by atoms with van der Waals surface area (Å²) in [6, 6.07) is 7.80. The SMILES string of the molecule is C#CCn1c(C(C)C)nc2sc(CC)c(-c3cccc(OC)c3)c2c1=O. The van der Waals surface area contributed by atoms with Crippen LogP contribution in [0.3, 0.4) is 0 Å². The van der Waals surface area contributed by atoms with Gasteiger partial charge >= 0.3 is 0 Å². The Labute approximate surface area is 157 Å². The number of methoxy groups -OCH3 is 1. The monoisotopic (exact) mass is 366 g/mol. The summed E-state index contributed by atoms with van der Waals surface area (Å²) in [6.45, 7) is 6.37. The number of nitrogens with zero attached hydrogens (tertiary/aromatic N) is 2. The zero-order valence-electron chi connectivity index (χ0n) is 15.5. The predicted molar refractivity (Wildman–Crippen MR) is 108 cm³/mol. The minimum atomic E-state index is -0.0644. The number of terminal acetylenes is 1. The Morgan fingerprint density at radius 2 is 2.15 bits per heavy atom. The molecule has 0 bridgehead atoms. The van der Waals surface area contributed by atoms with E-state index in [9.17, 15) is 4.79 Å². The predicted octanol–water partition coefficient (Wildman–Crippen LogP) is 4.45. The van der Waals surface area contributed by atoms with E-state index in [-0.39, 0.29) is 18.0 Å². The minimum Gasteiger partial charge on any atom is -0.497 e. The molecule has 0 aliphatic carbocycles. The lowest BCUT2D eigenvalue weighted by atomic mass is 10.0. The Balaban J connectivity index is 2.41. The van der Waals surface area contributed by atoms with Crippen molar-refractivity contribution in [2.24, 2.45) is 0 Å². The van der Waals surface area contributed by atoms with Crippen molar-refractivity contribution in [1.82, 2.24) is 9.55 Å². The highest BCUT2D eigenvalue weighted by atomic mass is 32.1. The van der Waals surface area contributed by atoms with Gasteiger partial charge in [-0.15, -0.1) is 17.8 Å². The molecule has 0 amide bonds. The van der Waals surface area contributed by atoms with E-state index in [4.69, 9.17) is 16.1 Å². The lowest BCUT2D eigenvalue weighted by Crippen LogP contribution is -2.25. The first kappa shape index (κ1) is 18.2. The Morgan fingerprint density at radius 3 is 2.77 bits per heavy atom. The highest BCUT2D eigenvalue weighted by molar-refractivity contribution is 7.19. The quantitative estimate of drug-likeness (QED) is 0.627. The van der Waals surface area contributed by atoms with Crippen molar-refractivity contribution < 1.29 is 4.74 Å². The molecular weight excluding hydrogens is 344 g/mol. The molecule has 134 valence electrons. The van der Waals surface area contributed by atoms with Crippen molar-refractivity contribution in [1.29, 1.82) is 0 Å². The number of fused-ring (bicyclic) bond motifs is 1. The molecule has 0 fully saturated rings. The van der Waals surface area contributed by atoms with Gasteiger partial charge in [0.15, 0.2) is 0 Å². The first-order chi connectivity index (χ1) is 12.5. The first-order valence-corrected chi connectivity index (χ1v) is 9.47. The normalized spacial score (nSPS) is 11.1. The maximum atomic E-state index is 13.3. The van der Waals surface area contributed by atoms with Crippen LogP contribution in [-0.2, 0) is 13.0 Å². The summed E-state index contributed by atoms with van der Waals surface area (Å²) in [6.07, 6.45) is 6.34. The van der Waals surface area contributed by atoms with Gasteiger partial charge in [-0.1, -0.05) is 38.8 Å². The average molecular weight is 366 g/mol. The second-order valence-electron chi connectivity index (χ2n) is 6.39. The van der Waals surface area contributed by atoms with Gasteiger partial charge in [-0.3, -0.25) is 9.36 Å². The van der Waals surface area contributed by atoms with Crippen molar-refractivity contribution in [2.75, 3.05) is 7.11 Å². The van der Waals surface area contributed by atoms with Crippen molar-refractivity contribution >= 4 is 21.6 Å². The standard InChI is InChI=1S/C21H22N2O2S/c1-6-11-23-19(13(3)4)22-20-18(21(23)24)17(16(7-2)26-20)14-9-8-10-15(12-14)25-5/h1,8-10,12-13H,7,11H2,2-5H3. The molecule has 4 nitrogen and oxygen atoms in total. The smallest absolute Gasteiger partial charge is 0.263 e. The van der Waals surface area contributed by atoms with Gasteiger partial charge in [0, 0.05) is 16.4 Å².